The van der Waals surface area contributed by atoms with Crippen LogP contribution in [0.15, 0.2) is 155 Å². The summed E-state index contributed by atoms with van der Waals surface area (Å²) in [6.45, 7) is 22.2. The van der Waals surface area contributed by atoms with Crippen LogP contribution in [0.3, 0.4) is 0 Å². The Morgan fingerprint density at radius 2 is 0.779 bits per heavy atom. The average molecular weight is 953 g/mol. The van der Waals surface area contributed by atoms with Crippen LogP contribution in [0.25, 0.3) is 22.9 Å². The molecule has 0 N–H and O–H groups in total. The number of hydrogen-bond acceptors (Lipinski definition) is 8. The number of allylic oxidation sites excluding steroid dienone is 2. The first-order chi connectivity index (χ1) is 32.2. The first-order valence-electron chi connectivity index (χ1n) is 23.1. The molecule has 12 heteroatoms. The summed E-state index contributed by atoms with van der Waals surface area (Å²) >= 11 is 0. The van der Waals surface area contributed by atoms with Gasteiger partial charge in [0.25, 0.3) is 0 Å². The van der Waals surface area contributed by atoms with Gasteiger partial charge in [-0.1, -0.05) is 84.9 Å². The van der Waals surface area contributed by atoms with Crippen molar-refractivity contribution in [2.45, 2.75) is 76.0 Å². The van der Waals surface area contributed by atoms with Gasteiger partial charge in [0.15, 0.2) is 11.4 Å². The Labute approximate surface area is 404 Å². The summed E-state index contributed by atoms with van der Waals surface area (Å²) in [7, 11) is -5.15. The van der Waals surface area contributed by atoms with E-state index in [2.05, 4.69) is 210 Å². The summed E-state index contributed by atoms with van der Waals surface area (Å²) in [5.74, 6) is 0. The summed E-state index contributed by atoms with van der Waals surface area (Å²) in [6.07, 6.45) is 9.00. The van der Waals surface area contributed by atoms with Crippen LogP contribution in [0, 0.1) is 0 Å². The van der Waals surface area contributed by atoms with Crippen molar-refractivity contribution in [1.29, 1.82) is 0 Å². The molecule has 0 atom stereocenters. The fourth-order valence-corrected chi connectivity index (χ4v) is 10.8. The second kappa shape index (κ2) is 21.0. The van der Waals surface area contributed by atoms with Crippen molar-refractivity contribution in [3.8, 4) is 0 Å². The van der Waals surface area contributed by atoms with Gasteiger partial charge < -0.3 is 18.9 Å². The van der Waals surface area contributed by atoms with Crippen LogP contribution in [-0.4, -0.2) is 86.8 Å². The first kappa shape index (κ1) is 51.2. The largest absolute Gasteiger partial charge is 0.744 e. The molecule has 8 rings (SSSR count). The van der Waals surface area contributed by atoms with Crippen LogP contribution < -0.4 is 9.80 Å². The monoisotopic (exact) mass is 952 g/mol. The molecule has 2 aliphatic rings. The van der Waals surface area contributed by atoms with Gasteiger partial charge in [-0.3, -0.25) is 0 Å². The molecule has 2 heterocycles. The molecule has 6 aromatic rings. The number of anilines is 2. The van der Waals surface area contributed by atoms with Gasteiger partial charge in [-0.05, 0) is 115 Å². The molecule has 0 fully saturated rings. The maximum absolute atomic E-state index is 11.0. The van der Waals surface area contributed by atoms with Gasteiger partial charge in [0, 0.05) is 83.7 Å². The summed E-state index contributed by atoms with van der Waals surface area (Å²) in [6, 6.07) is 42.2. The molecular weight excluding hydrogens is 889 g/mol. The number of rotatable bonds is 12. The van der Waals surface area contributed by atoms with Crippen molar-refractivity contribution in [3.63, 3.8) is 0 Å². The Balaban J connectivity index is 0.000000171. The Kier molecular flexibility index (Phi) is 15.8. The highest BCUT2D eigenvalue weighted by Gasteiger charge is 2.43. The lowest BCUT2D eigenvalue weighted by Gasteiger charge is -2.20. The fourth-order valence-electron chi connectivity index (χ4n) is 9.41. The third-order valence-corrected chi connectivity index (χ3v) is 15.0. The van der Waals surface area contributed by atoms with Crippen molar-refractivity contribution < 1.29 is 35.1 Å². The van der Waals surface area contributed by atoms with Gasteiger partial charge in [-0.2, -0.15) is 9.15 Å². The normalized spacial score (nSPS) is 14.9. The molecule has 2 aliphatic heterocycles. The third-order valence-electron chi connectivity index (χ3n) is 13.2. The lowest BCUT2D eigenvalue weighted by molar-refractivity contribution is -0.401. The van der Waals surface area contributed by atoms with Gasteiger partial charge in [0.2, 0.25) is 11.4 Å². The highest BCUT2D eigenvalue weighted by Crippen LogP contribution is 2.40. The van der Waals surface area contributed by atoms with Crippen LogP contribution in [0.2, 0.25) is 0 Å². The number of para-hydroxylation sites is 2. The Bertz CT molecular complexity index is 2910. The van der Waals surface area contributed by atoms with E-state index in [-0.39, 0.29) is 21.6 Å². The minimum absolute atomic E-state index is 0.0308. The van der Waals surface area contributed by atoms with Crippen LogP contribution in [0.5, 0.6) is 0 Å². The third kappa shape index (κ3) is 10.9. The zero-order valence-electron chi connectivity index (χ0n) is 40.9. The van der Waals surface area contributed by atoms with Crippen LogP contribution in [0.4, 0.5) is 22.7 Å². The van der Waals surface area contributed by atoms with Crippen LogP contribution >= 0.6 is 0 Å². The zero-order chi connectivity index (χ0) is 49.6. The van der Waals surface area contributed by atoms with Gasteiger partial charge in [0.05, 0.1) is 20.6 Å². The van der Waals surface area contributed by atoms with Crippen molar-refractivity contribution in [2.24, 2.45) is 0 Å². The van der Waals surface area contributed by atoms with Crippen LogP contribution in [0.1, 0.15) is 77.6 Å². The number of benzene rings is 6. The molecule has 356 valence electrons. The average Bonchev–Trinajstić information content (AvgIpc) is 3.64. The molecule has 0 aromatic heterocycles. The predicted octanol–water partition coefficient (Wildman–Crippen LogP) is 11.2. The van der Waals surface area contributed by atoms with Gasteiger partial charge in [-0.15, -0.1) is 0 Å². The second-order valence-electron chi connectivity index (χ2n) is 17.9. The summed E-state index contributed by atoms with van der Waals surface area (Å²) in [5.41, 5.74) is 13.2. The maximum atomic E-state index is 11.0. The van der Waals surface area contributed by atoms with E-state index >= 15 is 0 Å². The van der Waals surface area contributed by atoms with E-state index in [1.165, 1.54) is 80.7 Å². The molecule has 0 spiro atoms. The molecule has 0 bridgehead atoms. The molecule has 0 radical (unpaired) electrons. The maximum Gasteiger partial charge on any atom is 0.209 e. The molecule has 6 aromatic carbocycles. The minimum Gasteiger partial charge on any atom is -0.744 e. The molecule has 0 saturated heterocycles. The molecule has 10 nitrogen and oxygen atoms in total. The molecule has 0 unspecified atom stereocenters. The van der Waals surface area contributed by atoms with Crippen LogP contribution in [-0.2, 0) is 31.1 Å². The second-order valence-corrected chi connectivity index (χ2v) is 20.6. The van der Waals surface area contributed by atoms with Crippen molar-refractivity contribution in [2.75, 3.05) is 50.1 Å². The van der Waals surface area contributed by atoms with E-state index < -0.39 is 30.0 Å². The topological polar surface area (TPSA) is 127 Å². The zero-order valence-corrected chi connectivity index (χ0v) is 42.5. The molecule has 0 saturated carbocycles. The van der Waals surface area contributed by atoms with E-state index in [1.54, 1.807) is 0 Å². The van der Waals surface area contributed by atoms with E-state index in [4.69, 9.17) is 0 Å². The SMILES string of the molecule is CCN(CC)c1ccc(C=CC2=[N+](C)c3ccccc3C2(C)C)cc1.CCN(CC)c1ccc(C=CC2=[N+](C)c3ccccc3C2(C)C)cc1.O=S(=O)([O-])c1cccc2c(S(=O)(=O)[O-])cccc12. The van der Waals surface area contributed by atoms with E-state index in [1.807, 2.05) is 0 Å². The smallest absolute Gasteiger partial charge is 0.209 e. The summed E-state index contributed by atoms with van der Waals surface area (Å²) in [4.78, 5) is 3.63. The van der Waals surface area contributed by atoms with Crippen molar-refractivity contribution in [3.05, 3.63) is 168 Å². The lowest BCUT2D eigenvalue weighted by Crippen LogP contribution is -2.26. The van der Waals surface area contributed by atoms with E-state index in [0.29, 0.717) is 0 Å². The highest BCUT2D eigenvalue weighted by molar-refractivity contribution is 7.86. The fraction of sp³-hybridized carbons (Fsp3) is 0.286. The van der Waals surface area contributed by atoms with Gasteiger partial charge >= 0.3 is 0 Å². The Hall–Kier alpha value is -6.18. The van der Waals surface area contributed by atoms with Crippen molar-refractivity contribution in [1.82, 2.24) is 0 Å². The van der Waals surface area contributed by atoms with Gasteiger partial charge in [-0.25, -0.2) is 16.8 Å². The number of hydrogen-bond donors (Lipinski definition) is 0. The molecular formula is C56H64N4O6S2. The Morgan fingerprint density at radius 1 is 0.456 bits per heavy atom. The van der Waals surface area contributed by atoms with E-state index in [9.17, 15) is 25.9 Å². The number of fused-ring (bicyclic) bond motifs is 3. The minimum atomic E-state index is -4.74. The quantitative estimate of drug-likeness (QED) is 0.0877. The Morgan fingerprint density at radius 3 is 1.07 bits per heavy atom. The molecule has 0 amide bonds. The standard InChI is InChI=1S/2C23H29N2.C10H8O6S2/c2*1-6-25(7-2)19-15-12-18(13-16-19)14-17-22-23(3,4)20-10-8-9-11-21(20)24(22)5;11-17(12,13)9-5-1-3-7-8(9)4-2-6-10(7)18(14,15)16/h2*8-17H,6-7H2,1-5H3;1-6H,(H,11,12,13)(H,14,15,16)/q2*+1;/p-2. The highest BCUT2D eigenvalue weighted by atomic mass is 32.2. The first-order valence-corrected chi connectivity index (χ1v) is 25.9. The lowest BCUT2D eigenvalue weighted by atomic mass is 9.81. The summed E-state index contributed by atoms with van der Waals surface area (Å²) < 4.78 is 70.8. The van der Waals surface area contributed by atoms with Gasteiger partial charge in [0.1, 0.15) is 34.3 Å². The van der Waals surface area contributed by atoms with E-state index in [0.717, 1.165) is 38.3 Å². The van der Waals surface area contributed by atoms with Crippen molar-refractivity contribution >= 4 is 77.3 Å². The predicted molar refractivity (Wildman–Crippen MR) is 279 cm³/mol. The molecule has 68 heavy (non-hydrogen) atoms. The molecule has 0 aliphatic carbocycles. The summed E-state index contributed by atoms with van der Waals surface area (Å²) in [5, 5.41) is -0.158. The number of nitrogens with zero attached hydrogens (tertiary/aromatic N) is 4.